The second-order valence-corrected chi connectivity index (χ2v) is 7.22. The fraction of sp³-hybridized carbons (Fsp3) is 0.294. The summed E-state index contributed by atoms with van der Waals surface area (Å²) in [5, 5.41) is 0. The zero-order valence-electron chi connectivity index (χ0n) is 13.0. The molecular formula is C17H20FNO2S. The Bertz CT molecular complexity index is 785. The van der Waals surface area contributed by atoms with Gasteiger partial charge in [0, 0.05) is 6.54 Å². The summed E-state index contributed by atoms with van der Waals surface area (Å²) in [5.74, 6) is -0.555. The third-order valence-electron chi connectivity index (χ3n) is 3.62. The maximum atomic E-state index is 13.3. The molecule has 22 heavy (non-hydrogen) atoms. The molecule has 0 saturated heterocycles. The van der Waals surface area contributed by atoms with E-state index < -0.39 is 15.8 Å². The van der Waals surface area contributed by atoms with Gasteiger partial charge in [-0.3, -0.25) is 0 Å². The van der Waals surface area contributed by atoms with Crippen molar-refractivity contribution in [2.45, 2.75) is 32.1 Å². The van der Waals surface area contributed by atoms with Gasteiger partial charge in [-0.1, -0.05) is 29.8 Å². The summed E-state index contributed by atoms with van der Waals surface area (Å²) in [6.45, 7) is 5.96. The molecule has 0 amide bonds. The van der Waals surface area contributed by atoms with E-state index in [9.17, 15) is 12.8 Å². The Morgan fingerprint density at radius 1 is 1.00 bits per heavy atom. The summed E-state index contributed by atoms with van der Waals surface area (Å²) in [6.07, 6.45) is 0.597. The fourth-order valence-corrected chi connectivity index (χ4v) is 3.67. The van der Waals surface area contributed by atoms with E-state index in [-0.39, 0.29) is 11.4 Å². The smallest absolute Gasteiger partial charge is 0.211 e. The molecule has 0 aliphatic heterocycles. The lowest BCUT2D eigenvalue weighted by Gasteiger charge is -2.11. The lowest BCUT2D eigenvalue weighted by Crippen LogP contribution is -2.27. The van der Waals surface area contributed by atoms with Gasteiger partial charge >= 0.3 is 0 Å². The molecule has 2 aromatic carbocycles. The second kappa shape index (κ2) is 6.58. The highest BCUT2D eigenvalue weighted by atomic mass is 32.2. The molecule has 0 radical (unpaired) electrons. The first-order valence-electron chi connectivity index (χ1n) is 7.11. The molecule has 0 heterocycles. The van der Waals surface area contributed by atoms with E-state index in [1.54, 1.807) is 6.92 Å². The van der Waals surface area contributed by atoms with E-state index >= 15 is 0 Å². The average molecular weight is 321 g/mol. The number of hydrogen-bond donors (Lipinski definition) is 1. The predicted octanol–water partition coefficient (Wildman–Crippen LogP) is 3.27. The van der Waals surface area contributed by atoms with E-state index in [1.165, 1.54) is 17.7 Å². The van der Waals surface area contributed by atoms with Gasteiger partial charge in [0.2, 0.25) is 10.0 Å². The van der Waals surface area contributed by atoms with Crippen molar-refractivity contribution >= 4 is 10.0 Å². The van der Waals surface area contributed by atoms with Crippen molar-refractivity contribution in [2.24, 2.45) is 0 Å². The van der Waals surface area contributed by atoms with E-state index in [2.05, 4.69) is 10.8 Å². The highest BCUT2D eigenvalue weighted by molar-refractivity contribution is 7.89. The van der Waals surface area contributed by atoms with Gasteiger partial charge in [-0.15, -0.1) is 0 Å². The largest absolute Gasteiger partial charge is 0.240 e. The summed E-state index contributed by atoms with van der Waals surface area (Å²) in [6, 6.07) is 9.85. The molecule has 0 unspecified atom stereocenters. The van der Waals surface area contributed by atoms with Crippen LogP contribution in [0.15, 0.2) is 41.3 Å². The topological polar surface area (TPSA) is 46.2 Å². The molecule has 0 atom stereocenters. The number of sulfonamides is 1. The molecule has 0 aliphatic rings. The quantitative estimate of drug-likeness (QED) is 0.918. The summed E-state index contributed by atoms with van der Waals surface area (Å²) in [4.78, 5) is -0.00636. The van der Waals surface area contributed by atoms with Crippen LogP contribution in [0.2, 0.25) is 0 Å². The first-order chi connectivity index (χ1) is 10.3. The normalized spacial score (nSPS) is 11.6. The van der Waals surface area contributed by atoms with Crippen molar-refractivity contribution in [2.75, 3.05) is 6.54 Å². The van der Waals surface area contributed by atoms with Crippen LogP contribution in [-0.4, -0.2) is 15.0 Å². The minimum Gasteiger partial charge on any atom is -0.211 e. The molecule has 0 aromatic heterocycles. The third kappa shape index (κ3) is 3.93. The maximum absolute atomic E-state index is 13.3. The van der Waals surface area contributed by atoms with Crippen molar-refractivity contribution in [3.05, 3.63) is 64.5 Å². The van der Waals surface area contributed by atoms with Gasteiger partial charge in [0.25, 0.3) is 0 Å². The molecule has 0 spiro atoms. The molecule has 2 aromatic rings. The lowest BCUT2D eigenvalue weighted by molar-refractivity contribution is 0.576. The van der Waals surface area contributed by atoms with Gasteiger partial charge in [0.1, 0.15) is 5.82 Å². The Kier molecular flexibility index (Phi) is 4.98. The van der Waals surface area contributed by atoms with Crippen LogP contribution < -0.4 is 4.72 Å². The van der Waals surface area contributed by atoms with E-state index in [0.717, 1.165) is 17.2 Å². The minimum atomic E-state index is -3.69. The zero-order valence-corrected chi connectivity index (χ0v) is 13.8. The van der Waals surface area contributed by atoms with Crippen LogP contribution in [-0.2, 0) is 16.4 Å². The number of halogens is 1. The lowest BCUT2D eigenvalue weighted by atomic mass is 10.0. The molecule has 0 bridgehead atoms. The molecule has 0 saturated carbocycles. The number of aryl methyl sites for hydroxylation is 3. The van der Waals surface area contributed by atoms with Crippen molar-refractivity contribution in [3.63, 3.8) is 0 Å². The number of rotatable bonds is 5. The van der Waals surface area contributed by atoms with Crippen LogP contribution in [0, 0.1) is 26.6 Å². The Labute approximate surface area is 131 Å². The van der Waals surface area contributed by atoms with Gasteiger partial charge in [0.05, 0.1) is 4.90 Å². The molecule has 3 nitrogen and oxygen atoms in total. The maximum Gasteiger partial charge on any atom is 0.240 e. The number of nitrogens with one attached hydrogen (secondary N) is 1. The monoisotopic (exact) mass is 321 g/mol. The van der Waals surface area contributed by atoms with Crippen molar-refractivity contribution in [1.82, 2.24) is 4.72 Å². The van der Waals surface area contributed by atoms with Crippen molar-refractivity contribution < 1.29 is 12.8 Å². The SMILES string of the molecule is Cc1ccc(CCNS(=O)(=O)c2cc(F)ccc2C)c(C)c1. The summed E-state index contributed by atoms with van der Waals surface area (Å²) in [7, 11) is -3.69. The van der Waals surface area contributed by atoms with Crippen LogP contribution >= 0.6 is 0 Å². The Morgan fingerprint density at radius 2 is 1.73 bits per heavy atom. The van der Waals surface area contributed by atoms with Gasteiger partial charge in [0.15, 0.2) is 0 Å². The second-order valence-electron chi connectivity index (χ2n) is 5.49. The number of benzene rings is 2. The molecule has 2 rings (SSSR count). The Balaban J connectivity index is 2.08. The van der Waals surface area contributed by atoms with E-state index in [1.807, 2.05) is 26.0 Å². The fourth-order valence-electron chi connectivity index (χ4n) is 2.39. The van der Waals surface area contributed by atoms with Crippen LogP contribution in [0.3, 0.4) is 0 Å². The van der Waals surface area contributed by atoms with Crippen LogP contribution in [0.5, 0.6) is 0 Å². The summed E-state index contributed by atoms with van der Waals surface area (Å²) >= 11 is 0. The molecular weight excluding hydrogens is 301 g/mol. The van der Waals surface area contributed by atoms with Gasteiger partial charge < -0.3 is 0 Å². The summed E-state index contributed by atoms with van der Waals surface area (Å²) < 4.78 is 40.3. The standard InChI is InChI=1S/C17H20FNO2S/c1-12-4-6-15(14(3)10-12)8-9-19-22(20,21)17-11-16(18)7-5-13(17)2/h4-7,10-11,19H,8-9H2,1-3H3. The highest BCUT2D eigenvalue weighted by Gasteiger charge is 2.17. The van der Waals surface area contributed by atoms with Crippen molar-refractivity contribution in [3.8, 4) is 0 Å². The Hall–Kier alpha value is -1.72. The Morgan fingerprint density at radius 3 is 2.41 bits per heavy atom. The van der Waals surface area contributed by atoms with E-state index in [4.69, 9.17) is 0 Å². The van der Waals surface area contributed by atoms with Crippen LogP contribution in [0.1, 0.15) is 22.3 Å². The van der Waals surface area contributed by atoms with Crippen molar-refractivity contribution in [1.29, 1.82) is 0 Å². The average Bonchev–Trinajstić information content (AvgIpc) is 2.44. The summed E-state index contributed by atoms with van der Waals surface area (Å²) in [5.41, 5.74) is 3.95. The van der Waals surface area contributed by atoms with Crippen LogP contribution in [0.4, 0.5) is 4.39 Å². The van der Waals surface area contributed by atoms with E-state index in [0.29, 0.717) is 12.0 Å². The third-order valence-corrected chi connectivity index (χ3v) is 5.23. The van der Waals surface area contributed by atoms with Gasteiger partial charge in [-0.25, -0.2) is 17.5 Å². The predicted molar refractivity (Wildman–Crippen MR) is 85.9 cm³/mol. The molecule has 0 aliphatic carbocycles. The molecule has 1 N–H and O–H groups in total. The van der Waals surface area contributed by atoms with Gasteiger partial charge in [-0.2, -0.15) is 0 Å². The molecule has 5 heteroatoms. The highest BCUT2D eigenvalue weighted by Crippen LogP contribution is 2.16. The molecule has 0 fully saturated rings. The first kappa shape index (κ1) is 16.6. The first-order valence-corrected chi connectivity index (χ1v) is 8.60. The number of hydrogen-bond acceptors (Lipinski definition) is 2. The molecule has 118 valence electrons. The van der Waals surface area contributed by atoms with Gasteiger partial charge in [-0.05, 0) is 56.0 Å². The minimum absolute atomic E-state index is 0.00636. The van der Waals surface area contributed by atoms with Crippen LogP contribution in [0.25, 0.3) is 0 Å². The zero-order chi connectivity index (χ0) is 16.3.